The molecular weight excluding hydrogens is 333 g/mol. The zero-order chi connectivity index (χ0) is 14.5. The van der Waals surface area contributed by atoms with E-state index in [1.54, 1.807) is 18.2 Å². The van der Waals surface area contributed by atoms with Crippen molar-refractivity contribution in [2.45, 2.75) is 6.42 Å². The Hall–Kier alpha value is -0.520. The Morgan fingerprint density at radius 1 is 1.38 bits per heavy atom. The lowest BCUT2D eigenvalue weighted by molar-refractivity contribution is -0.117. The molecule has 1 aliphatic rings. The predicted molar refractivity (Wildman–Crippen MR) is 90.8 cm³/mol. The summed E-state index contributed by atoms with van der Waals surface area (Å²) in [7, 11) is 1.96. The number of carbonyl (C=O) groups excluding carboxylic acids is 1. The van der Waals surface area contributed by atoms with Crippen LogP contribution in [0, 0.1) is 5.92 Å². The van der Waals surface area contributed by atoms with Crippen molar-refractivity contribution in [1.29, 1.82) is 0 Å². The minimum absolute atomic E-state index is 0. The van der Waals surface area contributed by atoms with E-state index >= 15 is 0 Å². The van der Waals surface area contributed by atoms with Gasteiger partial charge in [-0.15, -0.1) is 12.4 Å². The van der Waals surface area contributed by atoms with Gasteiger partial charge in [0, 0.05) is 12.2 Å². The third-order valence-corrected chi connectivity index (χ3v) is 4.17. The van der Waals surface area contributed by atoms with Gasteiger partial charge in [0.25, 0.3) is 0 Å². The van der Waals surface area contributed by atoms with E-state index in [-0.39, 0.29) is 18.3 Å². The highest BCUT2D eigenvalue weighted by atomic mass is 35.5. The molecule has 0 aliphatic carbocycles. The Morgan fingerprint density at radius 2 is 2.14 bits per heavy atom. The van der Waals surface area contributed by atoms with Crippen LogP contribution in [-0.2, 0) is 4.79 Å². The van der Waals surface area contributed by atoms with E-state index in [2.05, 4.69) is 15.5 Å². The first kappa shape index (κ1) is 18.5. The fourth-order valence-corrected chi connectivity index (χ4v) is 2.79. The SMILES string of the molecule is CNCC1CCN(CC(=O)Nc2ccc(Cl)c(Cl)c2)C1.Cl. The first-order chi connectivity index (χ1) is 9.58. The van der Waals surface area contributed by atoms with Crippen LogP contribution in [-0.4, -0.2) is 44.0 Å². The number of hydrogen-bond donors (Lipinski definition) is 2. The molecule has 2 N–H and O–H groups in total. The van der Waals surface area contributed by atoms with Crippen molar-refractivity contribution in [2.24, 2.45) is 5.92 Å². The first-order valence-corrected chi connectivity index (χ1v) is 7.46. The first-order valence-electron chi connectivity index (χ1n) is 6.70. The smallest absolute Gasteiger partial charge is 0.238 e. The molecule has 0 saturated carbocycles. The zero-order valence-electron chi connectivity index (χ0n) is 11.9. The molecule has 118 valence electrons. The van der Waals surface area contributed by atoms with Crippen molar-refractivity contribution in [3.8, 4) is 0 Å². The molecule has 1 aromatic rings. The lowest BCUT2D eigenvalue weighted by Gasteiger charge is -2.15. The molecule has 1 amide bonds. The maximum atomic E-state index is 12.0. The number of amides is 1. The maximum Gasteiger partial charge on any atom is 0.238 e. The van der Waals surface area contributed by atoms with E-state index < -0.39 is 0 Å². The van der Waals surface area contributed by atoms with Crippen molar-refractivity contribution in [3.05, 3.63) is 28.2 Å². The van der Waals surface area contributed by atoms with Crippen LogP contribution in [0.25, 0.3) is 0 Å². The average Bonchev–Trinajstić information content (AvgIpc) is 2.81. The van der Waals surface area contributed by atoms with Crippen LogP contribution in [0.4, 0.5) is 5.69 Å². The van der Waals surface area contributed by atoms with E-state index in [9.17, 15) is 4.79 Å². The maximum absolute atomic E-state index is 12.0. The monoisotopic (exact) mass is 351 g/mol. The van der Waals surface area contributed by atoms with Crippen molar-refractivity contribution in [1.82, 2.24) is 10.2 Å². The number of nitrogens with one attached hydrogen (secondary N) is 2. The van der Waals surface area contributed by atoms with Crippen molar-refractivity contribution >= 4 is 47.2 Å². The molecule has 4 nitrogen and oxygen atoms in total. The van der Waals surface area contributed by atoms with E-state index in [1.807, 2.05) is 7.05 Å². The van der Waals surface area contributed by atoms with Crippen LogP contribution < -0.4 is 10.6 Å². The topological polar surface area (TPSA) is 44.4 Å². The molecule has 0 bridgehead atoms. The number of hydrogen-bond acceptors (Lipinski definition) is 3. The summed E-state index contributed by atoms with van der Waals surface area (Å²) in [5, 5.41) is 6.95. The van der Waals surface area contributed by atoms with Gasteiger partial charge in [0.05, 0.1) is 16.6 Å². The number of benzene rings is 1. The van der Waals surface area contributed by atoms with Crippen LogP contribution >= 0.6 is 35.6 Å². The molecule has 0 radical (unpaired) electrons. The van der Waals surface area contributed by atoms with Gasteiger partial charge in [-0.1, -0.05) is 23.2 Å². The third-order valence-electron chi connectivity index (χ3n) is 3.43. The summed E-state index contributed by atoms with van der Waals surface area (Å²) >= 11 is 11.8. The molecule has 0 aromatic heterocycles. The molecule has 2 rings (SSSR count). The highest BCUT2D eigenvalue weighted by Gasteiger charge is 2.23. The van der Waals surface area contributed by atoms with Gasteiger partial charge in [-0.3, -0.25) is 9.69 Å². The zero-order valence-corrected chi connectivity index (χ0v) is 14.2. The molecule has 1 atom stereocenters. The van der Waals surface area contributed by atoms with E-state index in [0.717, 1.165) is 26.1 Å². The number of halogens is 3. The minimum atomic E-state index is -0.0199. The number of likely N-dealkylation sites (tertiary alicyclic amines) is 1. The second kappa shape index (κ2) is 8.81. The lowest BCUT2D eigenvalue weighted by Crippen LogP contribution is -2.32. The Morgan fingerprint density at radius 3 is 2.81 bits per heavy atom. The van der Waals surface area contributed by atoms with Crippen LogP contribution in [0.15, 0.2) is 18.2 Å². The summed E-state index contributed by atoms with van der Waals surface area (Å²) in [4.78, 5) is 14.2. The second-order valence-corrected chi connectivity index (χ2v) is 5.94. The van der Waals surface area contributed by atoms with Crippen molar-refractivity contribution in [3.63, 3.8) is 0 Å². The standard InChI is InChI=1S/C14H19Cl2N3O.ClH/c1-17-7-10-4-5-19(8-10)9-14(20)18-11-2-3-12(15)13(16)6-11;/h2-3,6,10,17H,4-5,7-9H2,1H3,(H,18,20);1H. The number of anilines is 1. The van der Waals surface area contributed by atoms with Crippen LogP contribution in [0.2, 0.25) is 10.0 Å². The Balaban J connectivity index is 0.00000220. The van der Waals surface area contributed by atoms with Gasteiger partial charge in [-0.05, 0) is 50.7 Å². The minimum Gasteiger partial charge on any atom is -0.325 e. The molecule has 7 heteroatoms. The summed E-state index contributed by atoms with van der Waals surface area (Å²) in [5.41, 5.74) is 0.676. The van der Waals surface area contributed by atoms with E-state index in [0.29, 0.717) is 28.2 Å². The summed E-state index contributed by atoms with van der Waals surface area (Å²) in [6, 6.07) is 5.09. The summed E-state index contributed by atoms with van der Waals surface area (Å²) in [6.07, 6.45) is 1.14. The number of rotatable bonds is 5. The van der Waals surface area contributed by atoms with Crippen molar-refractivity contribution < 1.29 is 4.79 Å². The second-order valence-electron chi connectivity index (χ2n) is 5.12. The van der Waals surface area contributed by atoms with Crippen LogP contribution in [0.3, 0.4) is 0 Å². The fourth-order valence-electron chi connectivity index (χ4n) is 2.49. The van der Waals surface area contributed by atoms with E-state index in [1.165, 1.54) is 0 Å². The van der Waals surface area contributed by atoms with E-state index in [4.69, 9.17) is 23.2 Å². The molecule has 1 unspecified atom stereocenters. The Kier molecular flexibility index (Phi) is 7.77. The molecule has 1 saturated heterocycles. The van der Waals surface area contributed by atoms with Gasteiger partial charge >= 0.3 is 0 Å². The summed E-state index contributed by atoms with van der Waals surface area (Å²) in [6.45, 7) is 3.36. The Labute approximate surface area is 141 Å². The number of carbonyl (C=O) groups is 1. The average molecular weight is 353 g/mol. The predicted octanol–water partition coefficient (Wildman–Crippen LogP) is 2.90. The summed E-state index contributed by atoms with van der Waals surface area (Å²) < 4.78 is 0. The molecule has 1 fully saturated rings. The Bertz CT molecular complexity index is 485. The molecule has 1 heterocycles. The highest BCUT2D eigenvalue weighted by Crippen LogP contribution is 2.25. The van der Waals surface area contributed by atoms with Gasteiger partial charge < -0.3 is 10.6 Å². The van der Waals surface area contributed by atoms with Gasteiger partial charge in [-0.25, -0.2) is 0 Å². The molecule has 1 aliphatic heterocycles. The molecule has 0 spiro atoms. The normalized spacial score (nSPS) is 18.3. The van der Waals surface area contributed by atoms with Gasteiger partial charge in [0.1, 0.15) is 0 Å². The molecular formula is C14H20Cl3N3O. The third kappa shape index (κ3) is 5.64. The quantitative estimate of drug-likeness (QED) is 0.856. The number of nitrogens with zero attached hydrogens (tertiary/aromatic N) is 1. The van der Waals surface area contributed by atoms with Crippen LogP contribution in [0.1, 0.15) is 6.42 Å². The van der Waals surface area contributed by atoms with Crippen molar-refractivity contribution in [2.75, 3.05) is 38.5 Å². The van der Waals surface area contributed by atoms with Gasteiger partial charge in [0.2, 0.25) is 5.91 Å². The lowest BCUT2D eigenvalue weighted by atomic mass is 10.1. The van der Waals surface area contributed by atoms with Crippen LogP contribution in [0.5, 0.6) is 0 Å². The van der Waals surface area contributed by atoms with Gasteiger partial charge in [-0.2, -0.15) is 0 Å². The largest absolute Gasteiger partial charge is 0.325 e. The molecule has 1 aromatic carbocycles. The summed E-state index contributed by atoms with van der Waals surface area (Å²) in [5.74, 6) is 0.617. The highest BCUT2D eigenvalue weighted by molar-refractivity contribution is 6.42. The van der Waals surface area contributed by atoms with Gasteiger partial charge in [0.15, 0.2) is 0 Å². The molecule has 21 heavy (non-hydrogen) atoms. The fraction of sp³-hybridized carbons (Fsp3) is 0.500.